The molecule has 6 heteroatoms. The first-order chi connectivity index (χ1) is 8.19. The Morgan fingerprint density at radius 2 is 1.94 bits per heavy atom. The highest BCUT2D eigenvalue weighted by Crippen LogP contribution is 2.14. The molecule has 18 heavy (non-hydrogen) atoms. The number of amides is 1. The number of carboxylic acid groups (broad SMARTS) is 1. The van der Waals surface area contributed by atoms with Crippen LogP contribution in [0.25, 0.3) is 0 Å². The number of hydrogen-bond acceptors (Lipinski definition) is 4. The molecule has 0 bridgehead atoms. The maximum atomic E-state index is 11.6. The number of carbonyl (C=O) groups is 2. The fourth-order valence-electron chi connectivity index (χ4n) is 1.61. The maximum Gasteiger partial charge on any atom is 0.337 e. The Morgan fingerprint density at radius 1 is 1.39 bits per heavy atom. The third-order valence-electron chi connectivity index (χ3n) is 2.70. The van der Waals surface area contributed by atoms with Gasteiger partial charge in [-0.3, -0.25) is 4.79 Å². The molecule has 0 saturated heterocycles. The highest BCUT2D eigenvalue weighted by atomic mass is 16.4. The van der Waals surface area contributed by atoms with Gasteiger partial charge in [0.2, 0.25) is 5.91 Å². The minimum absolute atomic E-state index is 0.0831. The molecule has 0 aromatic rings. The lowest BCUT2D eigenvalue weighted by atomic mass is 9.94. The molecule has 0 fully saturated rings. The molecule has 0 saturated carbocycles. The topological polar surface area (TPSA) is 113 Å². The van der Waals surface area contributed by atoms with E-state index in [9.17, 15) is 14.7 Å². The first-order valence-electron chi connectivity index (χ1n) is 6.11. The van der Waals surface area contributed by atoms with Crippen molar-refractivity contribution >= 4 is 11.9 Å². The van der Waals surface area contributed by atoms with Crippen LogP contribution < -0.4 is 11.1 Å². The van der Waals surface area contributed by atoms with Crippen molar-refractivity contribution in [3.63, 3.8) is 0 Å². The van der Waals surface area contributed by atoms with Crippen molar-refractivity contribution in [1.29, 1.82) is 0 Å². The fourth-order valence-corrected chi connectivity index (χ4v) is 1.61. The molecule has 0 aromatic carbocycles. The van der Waals surface area contributed by atoms with E-state index in [1.165, 1.54) is 0 Å². The van der Waals surface area contributed by atoms with Gasteiger partial charge in [0.15, 0.2) is 5.60 Å². The molecular formula is C12H24N2O4. The number of aliphatic carboxylic acids is 1. The Kier molecular flexibility index (Phi) is 6.86. The van der Waals surface area contributed by atoms with Crippen molar-refractivity contribution in [1.82, 2.24) is 5.32 Å². The van der Waals surface area contributed by atoms with E-state index in [1.54, 1.807) is 0 Å². The minimum Gasteiger partial charge on any atom is -0.479 e. The lowest BCUT2D eigenvalue weighted by Gasteiger charge is -2.20. The summed E-state index contributed by atoms with van der Waals surface area (Å²) in [7, 11) is 0. The van der Waals surface area contributed by atoms with E-state index in [4.69, 9.17) is 10.8 Å². The summed E-state index contributed by atoms with van der Waals surface area (Å²) in [6.07, 6.45) is 1.10. The van der Waals surface area contributed by atoms with Gasteiger partial charge in [-0.15, -0.1) is 0 Å². The second kappa shape index (κ2) is 7.33. The molecule has 0 aromatic heterocycles. The molecule has 0 aliphatic rings. The van der Waals surface area contributed by atoms with Crippen molar-refractivity contribution in [3.05, 3.63) is 0 Å². The van der Waals surface area contributed by atoms with Crippen LogP contribution in [-0.2, 0) is 9.59 Å². The largest absolute Gasteiger partial charge is 0.479 e. The number of aliphatic hydroxyl groups is 1. The number of nitrogens with one attached hydrogen (secondary N) is 1. The molecule has 5 N–H and O–H groups in total. The molecular weight excluding hydrogens is 236 g/mol. The van der Waals surface area contributed by atoms with E-state index in [1.807, 2.05) is 0 Å². The minimum atomic E-state index is -1.94. The van der Waals surface area contributed by atoms with Crippen LogP contribution in [0.1, 0.15) is 33.6 Å². The van der Waals surface area contributed by atoms with Gasteiger partial charge < -0.3 is 21.3 Å². The zero-order valence-corrected chi connectivity index (χ0v) is 11.3. The number of carbonyl (C=O) groups excluding carboxylic acids is 1. The Hall–Kier alpha value is -1.14. The predicted octanol–water partition coefficient (Wildman–Crippen LogP) is -0.0507. The second-order valence-corrected chi connectivity index (χ2v) is 5.29. The van der Waals surface area contributed by atoms with Gasteiger partial charge in [0.05, 0.1) is 6.54 Å². The summed E-state index contributed by atoms with van der Waals surface area (Å²) in [5, 5.41) is 20.5. The zero-order valence-electron chi connectivity index (χ0n) is 11.3. The number of nitrogens with two attached hydrogens (primary N) is 1. The van der Waals surface area contributed by atoms with Gasteiger partial charge >= 0.3 is 5.97 Å². The van der Waals surface area contributed by atoms with Crippen LogP contribution in [0.4, 0.5) is 0 Å². The molecule has 2 unspecified atom stereocenters. The summed E-state index contributed by atoms with van der Waals surface area (Å²) in [5.41, 5.74) is 3.64. The van der Waals surface area contributed by atoms with Crippen LogP contribution >= 0.6 is 0 Å². The Morgan fingerprint density at radius 3 is 2.33 bits per heavy atom. The van der Waals surface area contributed by atoms with Gasteiger partial charge in [-0.1, -0.05) is 13.8 Å². The van der Waals surface area contributed by atoms with Crippen LogP contribution in [0, 0.1) is 11.8 Å². The summed E-state index contributed by atoms with van der Waals surface area (Å²) >= 11 is 0. The van der Waals surface area contributed by atoms with Gasteiger partial charge in [-0.05, 0) is 31.7 Å². The Bertz CT molecular complexity index is 290. The van der Waals surface area contributed by atoms with Crippen LogP contribution in [0.5, 0.6) is 0 Å². The lowest BCUT2D eigenvalue weighted by molar-refractivity contribution is -0.156. The van der Waals surface area contributed by atoms with E-state index in [0.29, 0.717) is 12.5 Å². The maximum absolute atomic E-state index is 11.6. The highest BCUT2D eigenvalue weighted by Gasteiger charge is 2.30. The molecule has 0 heterocycles. The summed E-state index contributed by atoms with van der Waals surface area (Å²) in [4.78, 5) is 22.2. The molecule has 0 rings (SSSR count). The van der Waals surface area contributed by atoms with Gasteiger partial charge in [0.1, 0.15) is 0 Å². The number of rotatable bonds is 8. The lowest BCUT2D eigenvalue weighted by Crippen LogP contribution is -2.47. The van der Waals surface area contributed by atoms with Crippen molar-refractivity contribution in [2.45, 2.75) is 39.2 Å². The van der Waals surface area contributed by atoms with Crippen molar-refractivity contribution < 1.29 is 19.8 Å². The van der Waals surface area contributed by atoms with Gasteiger partial charge in [-0.2, -0.15) is 0 Å². The van der Waals surface area contributed by atoms with Gasteiger partial charge in [0.25, 0.3) is 0 Å². The van der Waals surface area contributed by atoms with E-state index < -0.39 is 11.6 Å². The molecule has 0 aliphatic heterocycles. The van der Waals surface area contributed by atoms with E-state index in [-0.39, 0.29) is 24.8 Å². The summed E-state index contributed by atoms with van der Waals surface area (Å²) in [5.74, 6) is -1.11. The third kappa shape index (κ3) is 6.56. The highest BCUT2D eigenvalue weighted by molar-refractivity contribution is 5.80. The van der Waals surface area contributed by atoms with Gasteiger partial charge in [0, 0.05) is 6.42 Å². The Balaban J connectivity index is 4.14. The second-order valence-electron chi connectivity index (χ2n) is 5.29. The number of hydrogen-bond donors (Lipinski definition) is 4. The Labute approximate surface area is 108 Å². The van der Waals surface area contributed by atoms with Crippen molar-refractivity contribution in [3.8, 4) is 0 Å². The number of carboxylic acids is 1. The first-order valence-corrected chi connectivity index (χ1v) is 6.11. The molecule has 2 atom stereocenters. The summed E-state index contributed by atoms with van der Waals surface area (Å²) in [6.45, 7) is 5.36. The van der Waals surface area contributed by atoms with E-state index in [0.717, 1.165) is 13.3 Å². The zero-order chi connectivity index (χ0) is 14.3. The predicted molar refractivity (Wildman–Crippen MR) is 67.9 cm³/mol. The molecule has 106 valence electrons. The first kappa shape index (κ1) is 16.9. The molecule has 0 radical (unpaired) electrons. The van der Waals surface area contributed by atoms with E-state index >= 15 is 0 Å². The molecule has 0 aliphatic carbocycles. The van der Waals surface area contributed by atoms with Crippen LogP contribution in [0.2, 0.25) is 0 Å². The van der Waals surface area contributed by atoms with Gasteiger partial charge in [-0.25, -0.2) is 4.79 Å². The fraction of sp³-hybridized carbons (Fsp3) is 0.833. The van der Waals surface area contributed by atoms with Crippen LogP contribution in [0.3, 0.4) is 0 Å². The quantitative estimate of drug-likeness (QED) is 0.489. The molecule has 0 spiro atoms. The van der Waals surface area contributed by atoms with E-state index in [2.05, 4.69) is 19.2 Å². The monoisotopic (exact) mass is 260 g/mol. The van der Waals surface area contributed by atoms with Crippen LogP contribution in [-0.4, -0.2) is 40.8 Å². The SMILES string of the molecule is CC(C)CC(CN)CC(=O)NCC(C)(O)C(=O)O. The normalized spacial score (nSPS) is 16.1. The average Bonchev–Trinajstić information content (AvgIpc) is 2.24. The molecule has 6 nitrogen and oxygen atoms in total. The standard InChI is InChI=1S/C12H24N2O4/c1-8(2)4-9(6-13)5-10(15)14-7-12(3,18)11(16)17/h8-9,18H,4-7,13H2,1-3H3,(H,14,15)(H,16,17). The summed E-state index contributed by atoms with van der Waals surface area (Å²) < 4.78 is 0. The third-order valence-corrected chi connectivity index (χ3v) is 2.70. The summed E-state index contributed by atoms with van der Waals surface area (Å²) in [6, 6.07) is 0. The average molecular weight is 260 g/mol. The smallest absolute Gasteiger partial charge is 0.337 e. The van der Waals surface area contributed by atoms with Crippen LogP contribution in [0.15, 0.2) is 0 Å². The molecule has 1 amide bonds. The van der Waals surface area contributed by atoms with Crippen molar-refractivity contribution in [2.75, 3.05) is 13.1 Å². The van der Waals surface area contributed by atoms with Crippen molar-refractivity contribution in [2.24, 2.45) is 17.6 Å².